The first-order valence-electron chi connectivity index (χ1n) is 10.2. The zero-order chi connectivity index (χ0) is 24.3. The molecule has 0 aliphatic rings. The molecule has 32 heavy (non-hydrogen) atoms. The van der Waals surface area contributed by atoms with Gasteiger partial charge in [-0.25, -0.2) is 19.2 Å². The summed E-state index contributed by atoms with van der Waals surface area (Å²) < 4.78 is 25.2. The number of hydrogen-bond donors (Lipinski definition) is 1. The predicted molar refractivity (Wildman–Crippen MR) is 113 cm³/mol. The van der Waals surface area contributed by atoms with Crippen molar-refractivity contribution in [2.45, 2.75) is 52.7 Å². The van der Waals surface area contributed by atoms with Crippen LogP contribution in [0, 0.1) is 0 Å². The fourth-order valence-electron chi connectivity index (χ4n) is 2.56. The Morgan fingerprint density at radius 2 is 1.69 bits per heavy atom. The molecule has 0 saturated carbocycles. The van der Waals surface area contributed by atoms with E-state index in [4.69, 9.17) is 23.7 Å². The highest BCUT2D eigenvalue weighted by Crippen LogP contribution is 2.23. The van der Waals surface area contributed by atoms with E-state index in [1.54, 1.807) is 40.7 Å². The van der Waals surface area contributed by atoms with Gasteiger partial charge in [-0.15, -0.1) is 0 Å². The number of amides is 1. The van der Waals surface area contributed by atoms with E-state index in [0.717, 1.165) is 0 Å². The zero-order valence-electron chi connectivity index (χ0n) is 19.3. The first kappa shape index (κ1) is 26.7. The Morgan fingerprint density at radius 1 is 1.03 bits per heavy atom. The van der Waals surface area contributed by atoms with Gasteiger partial charge in [0.2, 0.25) is 0 Å². The SMILES string of the molecule is CCOC(=O)COc1ccc(C[C@H](NC(=O)OC(C)(C)C)C(=O)OC)cc1C(=O)OCC. The number of carbonyl (C=O) groups excluding carboxylic acids is 4. The van der Waals surface area contributed by atoms with E-state index in [0.29, 0.717) is 5.56 Å². The fourth-order valence-corrected chi connectivity index (χ4v) is 2.56. The third-order valence-corrected chi connectivity index (χ3v) is 3.81. The summed E-state index contributed by atoms with van der Waals surface area (Å²) in [5.41, 5.74) is -0.169. The lowest BCUT2D eigenvalue weighted by atomic mass is 10.0. The van der Waals surface area contributed by atoms with Gasteiger partial charge in [-0.2, -0.15) is 0 Å². The smallest absolute Gasteiger partial charge is 0.408 e. The Hall–Kier alpha value is -3.30. The van der Waals surface area contributed by atoms with Gasteiger partial charge < -0.3 is 29.0 Å². The van der Waals surface area contributed by atoms with Crippen LogP contribution in [0.3, 0.4) is 0 Å². The van der Waals surface area contributed by atoms with Crippen LogP contribution in [0.2, 0.25) is 0 Å². The highest BCUT2D eigenvalue weighted by Gasteiger charge is 2.26. The van der Waals surface area contributed by atoms with Crippen LogP contribution in [0.25, 0.3) is 0 Å². The maximum Gasteiger partial charge on any atom is 0.408 e. The number of rotatable bonds is 10. The molecule has 10 nitrogen and oxygen atoms in total. The normalized spacial score (nSPS) is 11.7. The van der Waals surface area contributed by atoms with Crippen LogP contribution in [0.5, 0.6) is 5.75 Å². The molecule has 178 valence electrons. The van der Waals surface area contributed by atoms with Crippen molar-refractivity contribution < 1.29 is 42.9 Å². The summed E-state index contributed by atoms with van der Waals surface area (Å²) in [6.07, 6.45) is -0.774. The summed E-state index contributed by atoms with van der Waals surface area (Å²) in [4.78, 5) is 48.3. The van der Waals surface area contributed by atoms with E-state index in [1.165, 1.54) is 19.2 Å². The van der Waals surface area contributed by atoms with Gasteiger partial charge in [-0.05, 0) is 52.3 Å². The van der Waals surface area contributed by atoms with Crippen molar-refractivity contribution in [1.29, 1.82) is 0 Å². The molecular formula is C22H31NO9. The van der Waals surface area contributed by atoms with Gasteiger partial charge in [-0.3, -0.25) is 0 Å². The average molecular weight is 453 g/mol. The van der Waals surface area contributed by atoms with Crippen LogP contribution in [0.15, 0.2) is 18.2 Å². The highest BCUT2D eigenvalue weighted by atomic mass is 16.6. The summed E-state index contributed by atoms with van der Waals surface area (Å²) in [5, 5.41) is 2.47. The molecule has 0 aliphatic carbocycles. The highest BCUT2D eigenvalue weighted by molar-refractivity contribution is 5.93. The molecule has 0 bridgehead atoms. The van der Waals surface area contributed by atoms with Crippen LogP contribution in [0.4, 0.5) is 4.79 Å². The number of nitrogens with one attached hydrogen (secondary N) is 1. The minimum atomic E-state index is -1.06. The summed E-state index contributed by atoms with van der Waals surface area (Å²) in [6, 6.07) is 3.47. The first-order chi connectivity index (χ1) is 15.0. The van der Waals surface area contributed by atoms with Gasteiger partial charge in [-0.1, -0.05) is 6.07 Å². The molecule has 0 aliphatic heterocycles. The van der Waals surface area contributed by atoms with Gasteiger partial charge in [0.05, 0.1) is 20.3 Å². The van der Waals surface area contributed by atoms with Gasteiger partial charge in [0.1, 0.15) is 23.0 Å². The number of benzene rings is 1. The molecule has 0 unspecified atom stereocenters. The van der Waals surface area contributed by atoms with Crippen molar-refractivity contribution in [3.63, 3.8) is 0 Å². The largest absolute Gasteiger partial charge is 0.481 e. The lowest BCUT2D eigenvalue weighted by Crippen LogP contribution is -2.45. The second-order valence-electron chi connectivity index (χ2n) is 7.57. The molecule has 1 atom stereocenters. The molecule has 0 spiro atoms. The summed E-state index contributed by atoms with van der Waals surface area (Å²) in [6.45, 7) is 8.35. The van der Waals surface area contributed by atoms with E-state index < -0.39 is 35.6 Å². The maximum absolute atomic E-state index is 12.4. The van der Waals surface area contributed by atoms with Crippen LogP contribution in [-0.4, -0.2) is 62.6 Å². The van der Waals surface area contributed by atoms with Gasteiger partial charge in [0.15, 0.2) is 6.61 Å². The Kier molecular flexibility index (Phi) is 10.5. The molecule has 1 amide bonds. The van der Waals surface area contributed by atoms with E-state index in [1.807, 2.05) is 0 Å². The Bertz CT molecular complexity index is 814. The molecule has 0 aromatic heterocycles. The van der Waals surface area contributed by atoms with Gasteiger partial charge >= 0.3 is 24.0 Å². The van der Waals surface area contributed by atoms with Crippen molar-refractivity contribution in [2.75, 3.05) is 26.9 Å². The molecule has 1 N–H and O–H groups in total. The van der Waals surface area contributed by atoms with Crippen molar-refractivity contribution in [1.82, 2.24) is 5.32 Å². The lowest BCUT2D eigenvalue weighted by Gasteiger charge is -2.23. The quantitative estimate of drug-likeness (QED) is 0.420. The zero-order valence-corrected chi connectivity index (χ0v) is 19.3. The van der Waals surface area contributed by atoms with E-state index in [-0.39, 0.29) is 37.6 Å². The molecule has 0 fully saturated rings. The van der Waals surface area contributed by atoms with E-state index >= 15 is 0 Å². The van der Waals surface area contributed by atoms with Gasteiger partial charge in [0.25, 0.3) is 0 Å². The lowest BCUT2D eigenvalue weighted by molar-refractivity contribution is -0.145. The monoisotopic (exact) mass is 453 g/mol. The molecule has 0 radical (unpaired) electrons. The molecule has 1 aromatic rings. The molecule has 0 saturated heterocycles. The Morgan fingerprint density at radius 3 is 2.25 bits per heavy atom. The van der Waals surface area contributed by atoms with E-state index in [9.17, 15) is 19.2 Å². The number of alkyl carbamates (subject to hydrolysis) is 1. The van der Waals surface area contributed by atoms with Crippen molar-refractivity contribution in [2.24, 2.45) is 0 Å². The van der Waals surface area contributed by atoms with Crippen LogP contribution in [0.1, 0.15) is 50.5 Å². The van der Waals surface area contributed by atoms with Crippen molar-refractivity contribution >= 4 is 24.0 Å². The maximum atomic E-state index is 12.4. The summed E-state index contributed by atoms with van der Waals surface area (Å²) in [5.74, 6) is -1.81. The summed E-state index contributed by atoms with van der Waals surface area (Å²) >= 11 is 0. The minimum absolute atomic E-state index is 0.0104. The Balaban J connectivity index is 3.10. The summed E-state index contributed by atoms with van der Waals surface area (Å²) in [7, 11) is 1.20. The fraction of sp³-hybridized carbons (Fsp3) is 0.545. The van der Waals surface area contributed by atoms with Crippen LogP contribution < -0.4 is 10.1 Å². The molecular weight excluding hydrogens is 422 g/mol. The molecule has 1 rings (SSSR count). The average Bonchev–Trinajstić information content (AvgIpc) is 2.70. The number of ether oxygens (including phenoxy) is 5. The second kappa shape index (κ2) is 12.5. The number of carbonyl (C=O) groups is 4. The first-order valence-corrected chi connectivity index (χ1v) is 10.2. The van der Waals surface area contributed by atoms with Crippen LogP contribution >= 0.6 is 0 Å². The number of hydrogen-bond acceptors (Lipinski definition) is 9. The predicted octanol–water partition coefficient (Wildman–Crippen LogP) is 2.41. The third-order valence-electron chi connectivity index (χ3n) is 3.81. The molecule has 1 aromatic carbocycles. The second-order valence-corrected chi connectivity index (χ2v) is 7.57. The number of esters is 3. The number of methoxy groups -OCH3 is 1. The third kappa shape index (κ3) is 9.23. The topological polar surface area (TPSA) is 126 Å². The Labute approximate surface area is 187 Å². The van der Waals surface area contributed by atoms with Gasteiger partial charge in [0, 0.05) is 6.42 Å². The standard InChI is InChI=1S/C22H31NO9/c1-7-29-18(24)13-31-17-10-9-14(11-15(17)19(25)30-8-2)12-16(20(26)28-6)23-21(27)32-22(3,4)5/h9-11,16H,7-8,12-13H2,1-6H3,(H,23,27)/t16-/m0/s1. The van der Waals surface area contributed by atoms with E-state index in [2.05, 4.69) is 5.32 Å². The van der Waals surface area contributed by atoms with Crippen molar-refractivity contribution in [3.05, 3.63) is 29.3 Å². The van der Waals surface area contributed by atoms with Crippen molar-refractivity contribution in [3.8, 4) is 5.75 Å². The van der Waals surface area contributed by atoms with Crippen LogP contribution in [-0.2, 0) is 35.0 Å². The molecule has 10 heteroatoms. The minimum Gasteiger partial charge on any atom is -0.481 e. The molecule has 0 heterocycles.